The molecule has 1 aromatic carbocycles. The molecule has 1 aliphatic rings. The van der Waals surface area contributed by atoms with Crippen LogP contribution in [0, 0.1) is 6.92 Å². The van der Waals surface area contributed by atoms with Crippen LogP contribution >= 0.6 is 0 Å². The number of hydrogen-bond donors (Lipinski definition) is 1. The lowest BCUT2D eigenvalue weighted by molar-refractivity contribution is 0.311. The van der Waals surface area contributed by atoms with Gasteiger partial charge in [-0.15, -0.1) is 5.10 Å². The molecule has 1 saturated heterocycles. The van der Waals surface area contributed by atoms with Gasteiger partial charge < -0.3 is 19.9 Å². The highest BCUT2D eigenvalue weighted by atomic mass is 16.5. The number of aryl methyl sites for hydroxylation is 1. The number of ether oxygens (including phenoxy) is 1. The third kappa shape index (κ3) is 3.68. The maximum Gasteiger partial charge on any atom is 0.247 e. The second kappa shape index (κ2) is 6.78. The zero-order valence-electron chi connectivity index (χ0n) is 13.8. The molecule has 122 valence electrons. The average Bonchev–Trinajstić information content (AvgIpc) is 2.56. The van der Waals surface area contributed by atoms with Gasteiger partial charge in [0, 0.05) is 26.2 Å². The molecule has 0 saturated carbocycles. The number of nitrogens with zero attached hydrogens (tertiary/aromatic N) is 5. The number of hydrogen-bond acceptors (Lipinski definition) is 7. The van der Waals surface area contributed by atoms with Crippen molar-refractivity contribution in [2.75, 3.05) is 50.6 Å². The molecule has 23 heavy (non-hydrogen) atoms. The molecule has 1 aromatic heterocycles. The van der Waals surface area contributed by atoms with Gasteiger partial charge in [-0.2, -0.15) is 10.1 Å². The van der Waals surface area contributed by atoms with Crippen LogP contribution in [-0.4, -0.2) is 60.4 Å². The van der Waals surface area contributed by atoms with Gasteiger partial charge in [0.2, 0.25) is 5.95 Å². The van der Waals surface area contributed by atoms with Crippen LogP contribution in [0.3, 0.4) is 0 Å². The number of methoxy groups -OCH3 is 1. The van der Waals surface area contributed by atoms with Crippen molar-refractivity contribution in [1.29, 1.82) is 0 Å². The van der Waals surface area contributed by atoms with Crippen LogP contribution in [0.4, 0.5) is 17.5 Å². The Morgan fingerprint density at radius 1 is 1.17 bits per heavy atom. The van der Waals surface area contributed by atoms with Gasteiger partial charge in [-0.3, -0.25) is 0 Å². The number of anilines is 3. The van der Waals surface area contributed by atoms with Gasteiger partial charge >= 0.3 is 0 Å². The summed E-state index contributed by atoms with van der Waals surface area (Å²) in [6.07, 6.45) is 1.63. The Labute approximate surface area is 136 Å². The first-order valence-electron chi connectivity index (χ1n) is 7.70. The van der Waals surface area contributed by atoms with Crippen molar-refractivity contribution in [3.05, 3.63) is 30.0 Å². The molecule has 0 amide bonds. The number of likely N-dealkylation sites (N-methyl/N-ethyl adjacent to an activating group) is 1. The van der Waals surface area contributed by atoms with Crippen LogP contribution in [0.15, 0.2) is 24.4 Å². The van der Waals surface area contributed by atoms with Gasteiger partial charge in [0.25, 0.3) is 0 Å². The van der Waals surface area contributed by atoms with Crippen LogP contribution in [0.25, 0.3) is 0 Å². The molecule has 7 nitrogen and oxygen atoms in total. The van der Waals surface area contributed by atoms with E-state index in [1.165, 1.54) is 0 Å². The highest BCUT2D eigenvalue weighted by Crippen LogP contribution is 2.28. The van der Waals surface area contributed by atoms with Crippen LogP contribution in [0.5, 0.6) is 5.75 Å². The van der Waals surface area contributed by atoms with E-state index in [0.29, 0.717) is 11.8 Å². The number of aromatic nitrogens is 3. The minimum atomic E-state index is 0.662. The predicted octanol–water partition coefficient (Wildman–Crippen LogP) is 1.68. The number of rotatable bonds is 4. The Kier molecular flexibility index (Phi) is 4.57. The minimum absolute atomic E-state index is 0.662. The van der Waals surface area contributed by atoms with E-state index in [1.807, 2.05) is 25.1 Å². The molecular weight excluding hydrogens is 292 g/mol. The highest BCUT2D eigenvalue weighted by molar-refractivity contribution is 5.65. The van der Waals surface area contributed by atoms with Crippen molar-refractivity contribution in [3.8, 4) is 5.75 Å². The van der Waals surface area contributed by atoms with Crippen LogP contribution in [0.2, 0.25) is 0 Å². The van der Waals surface area contributed by atoms with Gasteiger partial charge in [-0.05, 0) is 31.7 Å². The zero-order valence-corrected chi connectivity index (χ0v) is 13.8. The molecule has 2 heterocycles. The maximum atomic E-state index is 5.39. The Balaban J connectivity index is 1.79. The first-order valence-corrected chi connectivity index (χ1v) is 7.70. The van der Waals surface area contributed by atoms with Gasteiger partial charge in [-0.1, -0.05) is 6.07 Å². The monoisotopic (exact) mass is 314 g/mol. The molecule has 0 unspecified atom stereocenters. The lowest BCUT2D eigenvalue weighted by Gasteiger charge is -2.32. The zero-order chi connectivity index (χ0) is 16.2. The van der Waals surface area contributed by atoms with E-state index in [-0.39, 0.29) is 0 Å². The summed E-state index contributed by atoms with van der Waals surface area (Å²) in [7, 11) is 3.78. The van der Waals surface area contributed by atoms with Gasteiger partial charge in [-0.25, -0.2) is 0 Å². The molecular formula is C16H22N6O. The van der Waals surface area contributed by atoms with E-state index < -0.39 is 0 Å². The molecule has 3 rings (SSSR count). The first kappa shape index (κ1) is 15.5. The highest BCUT2D eigenvalue weighted by Gasteiger charge is 2.17. The molecule has 2 aromatic rings. The summed E-state index contributed by atoms with van der Waals surface area (Å²) < 4.78 is 5.39. The van der Waals surface area contributed by atoms with Crippen LogP contribution in [-0.2, 0) is 0 Å². The number of nitrogens with one attached hydrogen (secondary N) is 1. The van der Waals surface area contributed by atoms with E-state index in [4.69, 9.17) is 4.74 Å². The Morgan fingerprint density at radius 2 is 1.96 bits per heavy atom. The largest absolute Gasteiger partial charge is 0.495 e. The fourth-order valence-electron chi connectivity index (χ4n) is 2.55. The predicted molar refractivity (Wildman–Crippen MR) is 90.6 cm³/mol. The lowest BCUT2D eigenvalue weighted by atomic mass is 10.2. The normalized spacial score (nSPS) is 15.5. The second-order valence-corrected chi connectivity index (χ2v) is 5.76. The molecule has 0 aliphatic carbocycles. The quantitative estimate of drug-likeness (QED) is 0.921. The van der Waals surface area contributed by atoms with E-state index >= 15 is 0 Å². The summed E-state index contributed by atoms with van der Waals surface area (Å²) in [5, 5.41) is 11.5. The van der Waals surface area contributed by atoms with Crippen molar-refractivity contribution in [2.24, 2.45) is 0 Å². The van der Waals surface area contributed by atoms with Gasteiger partial charge in [0.1, 0.15) is 5.75 Å². The molecule has 1 aliphatic heterocycles. The number of benzene rings is 1. The fourth-order valence-corrected chi connectivity index (χ4v) is 2.55. The molecule has 0 radical (unpaired) electrons. The molecule has 1 fully saturated rings. The van der Waals surface area contributed by atoms with E-state index in [0.717, 1.165) is 43.2 Å². The third-order valence-electron chi connectivity index (χ3n) is 3.95. The maximum absolute atomic E-state index is 5.39. The van der Waals surface area contributed by atoms with E-state index in [1.54, 1.807) is 13.3 Å². The Hall–Kier alpha value is -2.41. The molecule has 7 heteroatoms. The molecule has 0 bridgehead atoms. The topological polar surface area (TPSA) is 66.4 Å². The third-order valence-corrected chi connectivity index (χ3v) is 3.95. The van der Waals surface area contributed by atoms with E-state index in [9.17, 15) is 0 Å². The number of piperazine rings is 1. The van der Waals surface area contributed by atoms with E-state index in [2.05, 4.69) is 37.3 Å². The Morgan fingerprint density at radius 3 is 2.70 bits per heavy atom. The van der Waals surface area contributed by atoms with Crippen molar-refractivity contribution in [2.45, 2.75) is 6.92 Å². The average molecular weight is 314 g/mol. The second-order valence-electron chi connectivity index (χ2n) is 5.76. The molecule has 0 atom stereocenters. The SMILES string of the molecule is COc1ccc(C)cc1Nc1cnnc(N2CCN(C)CC2)n1. The smallest absolute Gasteiger partial charge is 0.247 e. The van der Waals surface area contributed by atoms with Crippen LogP contribution in [0.1, 0.15) is 5.56 Å². The lowest BCUT2D eigenvalue weighted by Crippen LogP contribution is -2.45. The summed E-state index contributed by atoms with van der Waals surface area (Å²) in [5.41, 5.74) is 2.02. The van der Waals surface area contributed by atoms with Gasteiger partial charge in [0.15, 0.2) is 5.82 Å². The van der Waals surface area contributed by atoms with Crippen molar-refractivity contribution in [3.63, 3.8) is 0 Å². The molecule has 0 spiro atoms. The fraction of sp³-hybridized carbons (Fsp3) is 0.438. The Bertz CT molecular complexity index is 669. The van der Waals surface area contributed by atoms with Crippen molar-refractivity contribution >= 4 is 17.5 Å². The minimum Gasteiger partial charge on any atom is -0.495 e. The summed E-state index contributed by atoms with van der Waals surface area (Å²) in [5.74, 6) is 2.10. The summed E-state index contributed by atoms with van der Waals surface area (Å²) in [6.45, 7) is 5.88. The van der Waals surface area contributed by atoms with Crippen molar-refractivity contribution in [1.82, 2.24) is 20.1 Å². The summed E-state index contributed by atoms with van der Waals surface area (Å²) in [6, 6.07) is 5.97. The first-order chi connectivity index (χ1) is 11.2. The van der Waals surface area contributed by atoms with Gasteiger partial charge in [0.05, 0.1) is 19.0 Å². The molecule has 1 N–H and O–H groups in total. The summed E-state index contributed by atoms with van der Waals surface area (Å²) in [4.78, 5) is 9.04. The van der Waals surface area contributed by atoms with Crippen LogP contribution < -0.4 is 15.0 Å². The van der Waals surface area contributed by atoms with Crippen molar-refractivity contribution < 1.29 is 4.74 Å². The standard InChI is InChI=1S/C16H22N6O/c1-12-4-5-14(23-3)13(10-12)18-15-11-17-20-16(19-15)22-8-6-21(2)7-9-22/h4-5,10-11H,6-9H2,1-3H3,(H,18,19,20). The summed E-state index contributed by atoms with van der Waals surface area (Å²) >= 11 is 0.